The van der Waals surface area contributed by atoms with Crippen LogP contribution in [0.25, 0.3) is 0 Å². The fourth-order valence-electron chi connectivity index (χ4n) is 1.81. The number of carbonyl (C=O) groups is 1. The molecule has 1 amide bonds. The normalized spacial score (nSPS) is 12.4. The number of carbonyl (C=O) groups excluding carboxylic acids is 1. The topological polar surface area (TPSA) is 50.4 Å². The molecule has 0 aliphatic carbocycles. The summed E-state index contributed by atoms with van der Waals surface area (Å²) in [5, 5.41) is 6.15. The first-order chi connectivity index (χ1) is 10.1. The lowest BCUT2D eigenvalue weighted by atomic mass is 10.1. The highest BCUT2D eigenvalue weighted by atomic mass is 32.2. The Kier molecular flexibility index (Phi) is 9.14. The maximum absolute atomic E-state index is 12.3. The minimum atomic E-state index is -0.0635. The van der Waals surface area contributed by atoms with Gasteiger partial charge in [-0.05, 0) is 18.1 Å². The minimum absolute atomic E-state index is 0.0635. The van der Waals surface area contributed by atoms with Crippen molar-refractivity contribution in [2.24, 2.45) is 5.92 Å². The van der Waals surface area contributed by atoms with E-state index in [1.165, 1.54) is 0 Å². The van der Waals surface area contributed by atoms with E-state index >= 15 is 0 Å². The van der Waals surface area contributed by atoms with Crippen LogP contribution in [0, 0.1) is 5.92 Å². The van der Waals surface area contributed by atoms with Gasteiger partial charge in [0.05, 0.1) is 11.9 Å². The van der Waals surface area contributed by atoms with Gasteiger partial charge in [-0.2, -0.15) is 0 Å². The number of benzene rings is 1. The zero-order valence-electron chi connectivity index (χ0n) is 13.1. The summed E-state index contributed by atoms with van der Waals surface area (Å²) in [6.45, 7) is 7.05. The van der Waals surface area contributed by atoms with Crippen LogP contribution >= 0.6 is 11.8 Å². The van der Waals surface area contributed by atoms with Crippen molar-refractivity contribution in [3.63, 3.8) is 0 Å². The van der Waals surface area contributed by atoms with Crippen LogP contribution in [-0.2, 0) is 9.53 Å². The maximum Gasteiger partial charge on any atom is 0.233 e. The first-order valence-electron chi connectivity index (χ1n) is 7.34. The van der Waals surface area contributed by atoms with Gasteiger partial charge in [-0.25, -0.2) is 0 Å². The number of thioether (sulfide) groups is 1. The van der Waals surface area contributed by atoms with Gasteiger partial charge in [0.2, 0.25) is 5.91 Å². The summed E-state index contributed by atoms with van der Waals surface area (Å²) in [5.41, 5.74) is 0. The zero-order chi connectivity index (χ0) is 15.5. The number of hydrogen-bond acceptors (Lipinski definition) is 4. The quantitative estimate of drug-likeness (QED) is 0.514. The lowest BCUT2D eigenvalue weighted by Crippen LogP contribution is -2.39. The lowest BCUT2D eigenvalue weighted by molar-refractivity contribution is -0.121. The second kappa shape index (κ2) is 10.7. The molecule has 0 aliphatic heterocycles. The molecule has 1 aromatic carbocycles. The van der Waals surface area contributed by atoms with E-state index in [1.807, 2.05) is 30.3 Å². The molecule has 5 heteroatoms. The number of hydrogen-bond donors (Lipinski definition) is 2. The van der Waals surface area contributed by atoms with Crippen molar-refractivity contribution >= 4 is 17.7 Å². The van der Waals surface area contributed by atoms with Crippen LogP contribution in [0.3, 0.4) is 0 Å². The van der Waals surface area contributed by atoms with E-state index in [4.69, 9.17) is 4.74 Å². The second-order valence-electron chi connectivity index (χ2n) is 5.13. The Labute approximate surface area is 132 Å². The highest BCUT2D eigenvalue weighted by Gasteiger charge is 2.22. The molecule has 1 aromatic rings. The highest BCUT2D eigenvalue weighted by molar-refractivity contribution is 8.00. The van der Waals surface area contributed by atoms with Gasteiger partial charge in [0.1, 0.15) is 0 Å². The molecule has 118 valence electrons. The monoisotopic (exact) mass is 310 g/mol. The van der Waals surface area contributed by atoms with E-state index < -0.39 is 0 Å². The van der Waals surface area contributed by atoms with Crippen molar-refractivity contribution in [2.75, 3.05) is 33.4 Å². The predicted molar refractivity (Wildman–Crippen MR) is 88.7 cm³/mol. The Morgan fingerprint density at radius 2 is 1.90 bits per heavy atom. The predicted octanol–water partition coefficient (Wildman–Crippen LogP) is 2.16. The Hall–Kier alpha value is -1.04. The Morgan fingerprint density at radius 1 is 1.19 bits per heavy atom. The van der Waals surface area contributed by atoms with Gasteiger partial charge in [0.15, 0.2) is 0 Å². The van der Waals surface area contributed by atoms with Gasteiger partial charge < -0.3 is 15.4 Å². The van der Waals surface area contributed by atoms with Crippen LogP contribution in [0.15, 0.2) is 35.2 Å². The Bertz CT molecular complexity index is 399. The van der Waals surface area contributed by atoms with Crippen molar-refractivity contribution in [3.05, 3.63) is 30.3 Å². The molecule has 0 aromatic heterocycles. The highest BCUT2D eigenvalue weighted by Crippen LogP contribution is 2.27. The van der Waals surface area contributed by atoms with E-state index in [2.05, 4.69) is 24.5 Å². The average Bonchev–Trinajstić information content (AvgIpc) is 2.49. The van der Waals surface area contributed by atoms with Crippen LogP contribution < -0.4 is 10.6 Å². The number of ether oxygens (including phenoxy) is 1. The van der Waals surface area contributed by atoms with Crippen LogP contribution in [-0.4, -0.2) is 44.5 Å². The summed E-state index contributed by atoms with van der Waals surface area (Å²) >= 11 is 1.62. The zero-order valence-corrected chi connectivity index (χ0v) is 13.9. The average molecular weight is 310 g/mol. The Morgan fingerprint density at radius 3 is 2.52 bits per heavy atom. The summed E-state index contributed by atoms with van der Waals surface area (Å²) in [6, 6.07) is 10.1. The molecule has 0 saturated heterocycles. The third-order valence-corrected chi connectivity index (χ3v) is 4.51. The van der Waals surface area contributed by atoms with Gasteiger partial charge in [-0.1, -0.05) is 32.0 Å². The molecule has 1 unspecified atom stereocenters. The van der Waals surface area contributed by atoms with Gasteiger partial charge in [0.25, 0.3) is 0 Å². The minimum Gasteiger partial charge on any atom is -0.383 e. The molecule has 0 bridgehead atoms. The van der Waals surface area contributed by atoms with Crippen molar-refractivity contribution in [2.45, 2.75) is 24.0 Å². The summed E-state index contributed by atoms with van der Waals surface area (Å²) in [6.07, 6.45) is 0. The summed E-state index contributed by atoms with van der Waals surface area (Å²) in [7, 11) is 1.68. The van der Waals surface area contributed by atoms with E-state index in [0.29, 0.717) is 13.2 Å². The van der Waals surface area contributed by atoms with Crippen LogP contribution in [0.4, 0.5) is 0 Å². The number of amides is 1. The van der Waals surface area contributed by atoms with Gasteiger partial charge in [-0.15, -0.1) is 11.8 Å². The van der Waals surface area contributed by atoms with Crippen LogP contribution in [0.2, 0.25) is 0 Å². The fourth-order valence-corrected chi connectivity index (χ4v) is 2.88. The molecule has 0 spiro atoms. The maximum atomic E-state index is 12.3. The Balaban J connectivity index is 2.36. The third kappa shape index (κ3) is 7.50. The molecular formula is C16H26N2O2S. The second-order valence-corrected chi connectivity index (χ2v) is 6.34. The van der Waals surface area contributed by atoms with Gasteiger partial charge >= 0.3 is 0 Å². The van der Waals surface area contributed by atoms with Crippen molar-refractivity contribution < 1.29 is 9.53 Å². The molecule has 4 nitrogen and oxygen atoms in total. The molecule has 0 fully saturated rings. The number of nitrogens with one attached hydrogen (secondary N) is 2. The molecule has 0 saturated carbocycles. The van der Waals surface area contributed by atoms with Crippen molar-refractivity contribution in [3.8, 4) is 0 Å². The van der Waals surface area contributed by atoms with Gasteiger partial charge in [0, 0.05) is 31.6 Å². The molecule has 21 heavy (non-hydrogen) atoms. The van der Waals surface area contributed by atoms with E-state index in [9.17, 15) is 4.79 Å². The van der Waals surface area contributed by atoms with Gasteiger partial charge in [-0.3, -0.25) is 4.79 Å². The van der Waals surface area contributed by atoms with Crippen LogP contribution in [0.1, 0.15) is 13.8 Å². The van der Waals surface area contributed by atoms with E-state index in [-0.39, 0.29) is 17.1 Å². The first-order valence-corrected chi connectivity index (χ1v) is 8.22. The van der Waals surface area contributed by atoms with Crippen molar-refractivity contribution in [1.82, 2.24) is 10.6 Å². The third-order valence-electron chi connectivity index (χ3n) is 2.95. The smallest absolute Gasteiger partial charge is 0.233 e. The summed E-state index contributed by atoms with van der Waals surface area (Å²) < 4.78 is 4.95. The van der Waals surface area contributed by atoms with E-state index in [1.54, 1.807) is 18.9 Å². The fraction of sp³-hybridized carbons (Fsp3) is 0.562. The largest absolute Gasteiger partial charge is 0.383 e. The SMILES string of the molecule is COCCNCCNC(=O)C(Sc1ccccc1)C(C)C. The molecular weight excluding hydrogens is 284 g/mol. The molecule has 1 rings (SSSR count). The van der Waals surface area contributed by atoms with Crippen LogP contribution in [0.5, 0.6) is 0 Å². The number of methoxy groups -OCH3 is 1. The lowest BCUT2D eigenvalue weighted by Gasteiger charge is -2.20. The molecule has 0 radical (unpaired) electrons. The molecule has 0 heterocycles. The van der Waals surface area contributed by atoms with E-state index in [0.717, 1.165) is 18.0 Å². The van der Waals surface area contributed by atoms with Crippen molar-refractivity contribution in [1.29, 1.82) is 0 Å². The summed E-state index contributed by atoms with van der Waals surface area (Å²) in [5.74, 6) is 0.393. The first kappa shape index (κ1) is 18.0. The molecule has 1 atom stereocenters. The number of rotatable bonds is 10. The molecule has 2 N–H and O–H groups in total. The standard InChI is InChI=1S/C16H26N2O2S/c1-13(2)15(21-14-7-5-4-6-8-14)16(19)18-10-9-17-11-12-20-3/h4-8,13,15,17H,9-12H2,1-3H3,(H,18,19). The summed E-state index contributed by atoms with van der Waals surface area (Å²) in [4.78, 5) is 13.4. The molecule has 0 aliphatic rings.